The van der Waals surface area contributed by atoms with E-state index >= 15 is 0 Å². The van der Waals surface area contributed by atoms with Crippen LogP contribution in [0.15, 0.2) is 22.1 Å². The second-order valence-electron chi connectivity index (χ2n) is 6.09. The summed E-state index contributed by atoms with van der Waals surface area (Å²) in [6.07, 6.45) is 3.04. The van der Waals surface area contributed by atoms with E-state index in [4.69, 9.17) is 9.47 Å². The first-order chi connectivity index (χ1) is 11.9. The van der Waals surface area contributed by atoms with Gasteiger partial charge in [0.15, 0.2) is 0 Å². The van der Waals surface area contributed by atoms with Gasteiger partial charge in [-0.15, -0.1) is 0 Å². The first-order valence-electron chi connectivity index (χ1n) is 8.46. The van der Waals surface area contributed by atoms with Crippen molar-refractivity contribution in [3.05, 3.63) is 22.1 Å². The Balaban J connectivity index is 2.99. The maximum atomic E-state index is 13.0. The third kappa shape index (κ3) is 6.90. The van der Waals surface area contributed by atoms with Crippen molar-refractivity contribution >= 4 is 14.3 Å². The van der Waals surface area contributed by atoms with E-state index in [2.05, 4.69) is 0 Å². The summed E-state index contributed by atoms with van der Waals surface area (Å²) in [5.41, 5.74) is 0.0586. The SMILES string of the molecule is CCCOC(O)(CCC1=[C]([GeH]([C](F)(F)F)[C](F)(F)F)C=CC1)OCCC. The molecule has 0 aliphatic heterocycles. The van der Waals surface area contributed by atoms with E-state index in [-0.39, 0.29) is 38.0 Å². The van der Waals surface area contributed by atoms with Crippen LogP contribution in [-0.2, 0) is 9.47 Å². The number of rotatable bonds is 10. The van der Waals surface area contributed by atoms with Gasteiger partial charge in [0.05, 0.1) is 0 Å². The Labute approximate surface area is 153 Å². The van der Waals surface area contributed by atoms with Gasteiger partial charge in [-0.05, 0) is 0 Å². The van der Waals surface area contributed by atoms with Crippen LogP contribution in [0.3, 0.4) is 0 Å². The minimum absolute atomic E-state index is 0.0148. The molecular weight excluding hydrogens is 427 g/mol. The summed E-state index contributed by atoms with van der Waals surface area (Å²) in [6, 6.07) is 0. The van der Waals surface area contributed by atoms with Crippen LogP contribution in [0.5, 0.6) is 0 Å². The Bertz CT molecular complexity index is 491. The summed E-state index contributed by atoms with van der Waals surface area (Å²) in [5.74, 6) is -2.01. The molecule has 0 atom stereocenters. The van der Waals surface area contributed by atoms with Gasteiger partial charge in [-0.25, -0.2) is 0 Å². The predicted octanol–water partition coefficient (Wildman–Crippen LogP) is 4.49. The molecular formula is C16H24F6GeO3. The molecule has 0 aromatic heterocycles. The molecule has 0 saturated carbocycles. The number of aliphatic hydroxyl groups is 1. The van der Waals surface area contributed by atoms with Crippen LogP contribution in [0, 0.1) is 0 Å². The van der Waals surface area contributed by atoms with Gasteiger partial charge in [-0.3, -0.25) is 0 Å². The Morgan fingerprint density at radius 3 is 1.92 bits per heavy atom. The fourth-order valence-electron chi connectivity index (χ4n) is 2.67. The summed E-state index contributed by atoms with van der Waals surface area (Å²) < 4.78 is 88.1. The maximum absolute atomic E-state index is 13.0. The standard InChI is InChI=1S/C16H24F6GeO3/c1-3-10-25-14(24,26-11-4-2)9-8-12-6-5-7-13(12)23(15(17,18)19)16(20,21)22/h5,7,23-24H,3-4,6,8-11H2,1-2H3. The van der Waals surface area contributed by atoms with Crippen LogP contribution >= 0.6 is 0 Å². The number of hydrogen-bond acceptors (Lipinski definition) is 3. The zero-order chi connectivity index (χ0) is 20.0. The van der Waals surface area contributed by atoms with Crippen molar-refractivity contribution in [2.75, 3.05) is 13.2 Å². The Morgan fingerprint density at radius 1 is 1.00 bits per heavy atom. The molecule has 10 heteroatoms. The van der Waals surface area contributed by atoms with Gasteiger partial charge in [-0.1, -0.05) is 0 Å². The van der Waals surface area contributed by atoms with Gasteiger partial charge < -0.3 is 0 Å². The average Bonchev–Trinajstić information content (AvgIpc) is 2.94. The second-order valence-corrected chi connectivity index (χ2v) is 12.0. The Kier molecular flexibility index (Phi) is 8.69. The molecule has 3 nitrogen and oxygen atoms in total. The summed E-state index contributed by atoms with van der Waals surface area (Å²) >= 11 is -5.81. The average molecular weight is 451 g/mol. The number of hydrogen-bond donors (Lipinski definition) is 1. The van der Waals surface area contributed by atoms with Crippen molar-refractivity contribution < 1.29 is 40.9 Å². The number of ether oxygens (including phenoxy) is 2. The van der Waals surface area contributed by atoms with E-state index < -0.39 is 34.7 Å². The van der Waals surface area contributed by atoms with Crippen LogP contribution in [-0.4, -0.2) is 48.7 Å². The zero-order valence-electron chi connectivity index (χ0n) is 14.7. The van der Waals surface area contributed by atoms with Gasteiger partial charge in [0.1, 0.15) is 0 Å². The molecule has 152 valence electrons. The van der Waals surface area contributed by atoms with Crippen LogP contribution in [0.1, 0.15) is 46.0 Å². The van der Waals surface area contributed by atoms with Crippen LogP contribution < -0.4 is 0 Å². The van der Waals surface area contributed by atoms with Gasteiger partial charge >= 0.3 is 153 Å². The first kappa shape index (κ1) is 23.5. The van der Waals surface area contributed by atoms with Gasteiger partial charge in [0, 0.05) is 0 Å². The molecule has 0 fully saturated rings. The van der Waals surface area contributed by atoms with Crippen molar-refractivity contribution in [3.8, 4) is 0 Å². The molecule has 0 aromatic rings. The predicted molar refractivity (Wildman–Crippen MR) is 86.7 cm³/mol. The van der Waals surface area contributed by atoms with E-state index in [0.717, 1.165) is 6.08 Å². The van der Waals surface area contributed by atoms with Crippen molar-refractivity contribution in [2.24, 2.45) is 0 Å². The van der Waals surface area contributed by atoms with Crippen molar-refractivity contribution in [2.45, 2.75) is 61.9 Å². The first-order valence-corrected chi connectivity index (χ1v) is 12.1. The Hall–Kier alpha value is -0.517. The van der Waals surface area contributed by atoms with E-state index in [0.29, 0.717) is 12.8 Å². The number of halogens is 6. The number of alkyl halides is 6. The van der Waals surface area contributed by atoms with Crippen LogP contribution in [0.2, 0.25) is 0 Å². The van der Waals surface area contributed by atoms with Gasteiger partial charge in [-0.2, -0.15) is 0 Å². The van der Waals surface area contributed by atoms with Gasteiger partial charge in [0.2, 0.25) is 0 Å². The fraction of sp³-hybridized carbons (Fsp3) is 0.750. The summed E-state index contributed by atoms with van der Waals surface area (Å²) in [5, 5.41) is -0.150. The molecule has 0 aromatic carbocycles. The quantitative estimate of drug-likeness (QED) is 0.303. The van der Waals surface area contributed by atoms with E-state index in [9.17, 15) is 31.4 Å². The molecule has 0 amide bonds. The zero-order valence-corrected chi connectivity index (χ0v) is 17.1. The summed E-state index contributed by atoms with van der Waals surface area (Å²) in [7, 11) is 0. The topological polar surface area (TPSA) is 38.7 Å². The van der Waals surface area contributed by atoms with Crippen molar-refractivity contribution in [3.63, 3.8) is 0 Å². The summed E-state index contributed by atoms with van der Waals surface area (Å²) in [4.78, 5) is 0. The molecule has 26 heavy (non-hydrogen) atoms. The monoisotopic (exact) mass is 452 g/mol. The molecule has 0 bridgehead atoms. The Morgan fingerprint density at radius 2 is 1.50 bits per heavy atom. The molecule has 1 aliphatic carbocycles. The molecule has 1 N–H and O–H groups in total. The van der Waals surface area contributed by atoms with E-state index in [1.165, 1.54) is 6.08 Å². The number of allylic oxidation sites excluding steroid dienone is 4. The molecule has 0 spiro atoms. The summed E-state index contributed by atoms with van der Waals surface area (Å²) in [6.45, 7) is 3.92. The molecule has 1 aliphatic rings. The van der Waals surface area contributed by atoms with Crippen molar-refractivity contribution in [1.82, 2.24) is 0 Å². The second kappa shape index (κ2) is 9.61. The third-order valence-corrected chi connectivity index (χ3v) is 9.15. The molecule has 0 heterocycles. The van der Waals surface area contributed by atoms with E-state index in [1.54, 1.807) is 13.8 Å². The van der Waals surface area contributed by atoms with Gasteiger partial charge in [0.25, 0.3) is 0 Å². The molecule has 0 radical (unpaired) electrons. The molecule has 1 rings (SSSR count). The fourth-order valence-corrected chi connectivity index (χ4v) is 7.02. The van der Waals surface area contributed by atoms with Crippen LogP contribution in [0.25, 0.3) is 0 Å². The van der Waals surface area contributed by atoms with Crippen molar-refractivity contribution in [1.29, 1.82) is 0 Å². The molecule has 0 unspecified atom stereocenters. The minimum atomic E-state index is -5.81. The third-order valence-electron chi connectivity index (χ3n) is 3.84. The van der Waals surface area contributed by atoms with Crippen LogP contribution in [0.4, 0.5) is 26.3 Å². The van der Waals surface area contributed by atoms with E-state index in [1.807, 2.05) is 0 Å². The normalized spacial score (nSPS) is 16.2. The molecule has 0 saturated heterocycles.